The van der Waals surface area contributed by atoms with E-state index >= 15 is 0 Å². The molecular weight excluding hydrogens is 334 g/mol. The van der Waals surface area contributed by atoms with Gasteiger partial charge in [-0.1, -0.05) is 11.6 Å². The molecule has 0 aliphatic rings. The Morgan fingerprint density at radius 1 is 1.23 bits per heavy atom. The van der Waals surface area contributed by atoms with Gasteiger partial charge in [-0.05, 0) is 34.6 Å². The molecule has 4 N–H and O–H groups in total. The zero-order valence-corrected chi connectivity index (χ0v) is 12.7. The van der Waals surface area contributed by atoms with Gasteiger partial charge in [-0.2, -0.15) is 0 Å². The average molecular weight is 346 g/mol. The van der Waals surface area contributed by atoms with Crippen LogP contribution in [0.15, 0.2) is 33.8 Å². The molecule has 2 rings (SSSR count). The molecule has 0 unspecified atom stereocenters. The van der Waals surface area contributed by atoms with E-state index < -0.39 is 15.9 Å². The van der Waals surface area contributed by atoms with Crippen LogP contribution in [0.5, 0.6) is 0 Å². The summed E-state index contributed by atoms with van der Waals surface area (Å²) in [6.45, 7) is 0.0276. The number of sulfonamides is 1. The Hall–Kier alpha value is -2.17. The molecular formula is C11H12ClN5O4S. The number of benzene rings is 1. The fourth-order valence-corrected chi connectivity index (χ4v) is 2.65. The molecule has 1 amide bonds. The summed E-state index contributed by atoms with van der Waals surface area (Å²) in [5.74, 6) is -0.747. The molecule has 0 saturated carbocycles. The van der Waals surface area contributed by atoms with Crippen LogP contribution in [-0.2, 0) is 10.0 Å². The van der Waals surface area contributed by atoms with Crippen LogP contribution in [-0.4, -0.2) is 37.7 Å². The van der Waals surface area contributed by atoms with Gasteiger partial charge in [0, 0.05) is 18.1 Å². The van der Waals surface area contributed by atoms with Gasteiger partial charge in [-0.25, -0.2) is 17.8 Å². The fourth-order valence-electron chi connectivity index (χ4n) is 1.50. The largest absolute Gasteiger partial charge is 0.379 e. The fraction of sp³-hybridized carbons (Fsp3) is 0.182. The number of rotatable bonds is 6. The number of anilines is 1. The molecule has 1 heterocycles. The monoisotopic (exact) mass is 345 g/mol. The third-order valence-corrected chi connectivity index (χ3v) is 4.28. The number of nitrogens with zero attached hydrogens (tertiary/aromatic N) is 2. The van der Waals surface area contributed by atoms with Gasteiger partial charge in [0.2, 0.25) is 21.5 Å². The Morgan fingerprint density at radius 2 is 1.91 bits per heavy atom. The molecule has 0 aliphatic heterocycles. The molecule has 22 heavy (non-hydrogen) atoms. The summed E-state index contributed by atoms with van der Waals surface area (Å²) in [6.07, 6.45) is 0. The first-order valence-electron chi connectivity index (χ1n) is 6.01. The van der Waals surface area contributed by atoms with E-state index in [0.29, 0.717) is 5.02 Å². The van der Waals surface area contributed by atoms with Gasteiger partial charge in [0.05, 0.1) is 4.90 Å². The van der Waals surface area contributed by atoms with Crippen LogP contribution < -0.4 is 15.8 Å². The highest BCUT2D eigenvalue weighted by atomic mass is 35.5. The maximum Gasteiger partial charge on any atom is 0.277 e. The predicted molar refractivity (Wildman–Crippen MR) is 77.7 cm³/mol. The minimum atomic E-state index is -3.67. The van der Waals surface area contributed by atoms with Gasteiger partial charge in [0.15, 0.2) is 0 Å². The number of nitrogen functional groups attached to an aromatic ring is 1. The standard InChI is InChI=1S/C11H12ClN5O4S/c12-7-1-3-8(4-2-7)22(19,20)15-6-5-14-11(18)9-10(13)17-21-16-9/h1-4,15H,5-6H2,(H2,13,17)(H,14,18). The molecule has 9 nitrogen and oxygen atoms in total. The first-order valence-corrected chi connectivity index (χ1v) is 7.88. The van der Waals surface area contributed by atoms with Crippen molar-refractivity contribution in [3.63, 3.8) is 0 Å². The lowest BCUT2D eigenvalue weighted by atomic mass is 10.4. The van der Waals surface area contributed by atoms with Gasteiger partial charge in [-0.15, -0.1) is 0 Å². The molecule has 11 heteroatoms. The van der Waals surface area contributed by atoms with Gasteiger partial charge in [-0.3, -0.25) is 4.79 Å². The van der Waals surface area contributed by atoms with E-state index in [-0.39, 0.29) is 29.5 Å². The molecule has 2 aromatic rings. The molecule has 0 atom stereocenters. The summed E-state index contributed by atoms with van der Waals surface area (Å²) in [5, 5.41) is 9.45. The summed E-state index contributed by atoms with van der Waals surface area (Å²) in [7, 11) is -3.67. The van der Waals surface area contributed by atoms with E-state index in [0.717, 1.165) is 0 Å². The van der Waals surface area contributed by atoms with Crippen LogP contribution in [0.25, 0.3) is 0 Å². The van der Waals surface area contributed by atoms with E-state index in [1.807, 2.05) is 0 Å². The number of carbonyl (C=O) groups is 1. The summed E-state index contributed by atoms with van der Waals surface area (Å²) < 4.78 is 30.5. The first kappa shape index (κ1) is 16.2. The van der Waals surface area contributed by atoms with Crippen LogP contribution in [0.4, 0.5) is 5.82 Å². The molecule has 118 valence electrons. The topological polar surface area (TPSA) is 140 Å². The summed E-state index contributed by atoms with van der Waals surface area (Å²) in [5.41, 5.74) is 5.20. The number of aromatic nitrogens is 2. The minimum Gasteiger partial charge on any atom is -0.379 e. The van der Waals surface area contributed by atoms with Crippen molar-refractivity contribution in [1.29, 1.82) is 0 Å². The Kier molecular flexibility index (Phi) is 4.96. The summed E-state index contributed by atoms with van der Waals surface area (Å²) in [4.78, 5) is 11.7. The zero-order chi connectivity index (χ0) is 16.2. The lowest BCUT2D eigenvalue weighted by Crippen LogP contribution is -2.35. The molecule has 0 radical (unpaired) electrons. The molecule has 0 fully saturated rings. The minimum absolute atomic E-state index is 0.0120. The molecule has 0 aliphatic carbocycles. The van der Waals surface area contributed by atoms with Gasteiger partial charge < -0.3 is 11.1 Å². The van der Waals surface area contributed by atoms with Crippen LogP contribution in [0.2, 0.25) is 5.02 Å². The van der Waals surface area contributed by atoms with E-state index in [2.05, 4.69) is 25.0 Å². The molecule has 0 bridgehead atoms. The highest BCUT2D eigenvalue weighted by molar-refractivity contribution is 7.89. The highest BCUT2D eigenvalue weighted by Crippen LogP contribution is 2.13. The Bertz CT molecular complexity index is 759. The molecule has 1 aromatic carbocycles. The second-order valence-electron chi connectivity index (χ2n) is 4.11. The van der Waals surface area contributed by atoms with Crippen LogP contribution in [0.1, 0.15) is 10.5 Å². The third kappa shape index (κ3) is 3.93. The van der Waals surface area contributed by atoms with Crippen molar-refractivity contribution in [2.75, 3.05) is 18.8 Å². The van der Waals surface area contributed by atoms with Crippen LogP contribution >= 0.6 is 11.6 Å². The molecule has 1 aromatic heterocycles. The van der Waals surface area contributed by atoms with Crippen LogP contribution in [0.3, 0.4) is 0 Å². The van der Waals surface area contributed by atoms with Gasteiger partial charge in [0.1, 0.15) is 0 Å². The van der Waals surface area contributed by atoms with E-state index in [1.54, 1.807) is 0 Å². The maximum absolute atomic E-state index is 11.9. The van der Waals surface area contributed by atoms with Crippen molar-refractivity contribution in [3.8, 4) is 0 Å². The summed E-state index contributed by atoms with van der Waals surface area (Å²) >= 11 is 5.69. The van der Waals surface area contributed by atoms with E-state index in [4.69, 9.17) is 17.3 Å². The van der Waals surface area contributed by atoms with Crippen molar-refractivity contribution in [2.24, 2.45) is 0 Å². The molecule has 0 saturated heterocycles. The Labute approximate surface area is 130 Å². The molecule has 0 spiro atoms. The van der Waals surface area contributed by atoms with Crippen molar-refractivity contribution in [3.05, 3.63) is 35.0 Å². The SMILES string of the molecule is Nc1nonc1C(=O)NCCNS(=O)(=O)c1ccc(Cl)cc1. The van der Waals surface area contributed by atoms with Gasteiger partial charge >= 0.3 is 0 Å². The van der Waals surface area contributed by atoms with E-state index in [9.17, 15) is 13.2 Å². The zero-order valence-electron chi connectivity index (χ0n) is 11.1. The number of amides is 1. The average Bonchev–Trinajstić information content (AvgIpc) is 2.90. The van der Waals surface area contributed by atoms with E-state index in [1.165, 1.54) is 24.3 Å². The number of nitrogens with one attached hydrogen (secondary N) is 2. The van der Waals surface area contributed by atoms with Crippen molar-refractivity contribution in [2.45, 2.75) is 4.90 Å². The lowest BCUT2D eigenvalue weighted by Gasteiger charge is -2.07. The Morgan fingerprint density at radius 3 is 2.50 bits per heavy atom. The second-order valence-corrected chi connectivity index (χ2v) is 6.31. The van der Waals surface area contributed by atoms with Crippen molar-refractivity contribution < 1.29 is 17.8 Å². The number of hydrogen-bond acceptors (Lipinski definition) is 7. The quantitative estimate of drug-likeness (QED) is 0.626. The third-order valence-electron chi connectivity index (χ3n) is 2.56. The second kappa shape index (κ2) is 6.73. The normalized spacial score (nSPS) is 11.3. The number of carbonyl (C=O) groups excluding carboxylic acids is 1. The maximum atomic E-state index is 11.9. The number of hydrogen-bond donors (Lipinski definition) is 3. The lowest BCUT2D eigenvalue weighted by molar-refractivity contribution is 0.0945. The number of nitrogens with two attached hydrogens (primary N) is 1. The summed E-state index contributed by atoms with van der Waals surface area (Å²) in [6, 6.07) is 5.70. The first-order chi connectivity index (χ1) is 10.4. The van der Waals surface area contributed by atoms with Gasteiger partial charge in [0.25, 0.3) is 5.91 Å². The Balaban J connectivity index is 1.84. The van der Waals surface area contributed by atoms with Crippen molar-refractivity contribution in [1.82, 2.24) is 20.4 Å². The van der Waals surface area contributed by atoms with Crippen molar-refractivity contribution >= 4 is 33.3 Å². The smallest absolute Gasteiger partial charge is 0.277 e. The predicted octanol–water partition coefficient (Wildman–Crippen LogP) is 0.0135. The number of halogens is 1. The highest BCUT2D eigenvalue weighted by Gasteiger charge is 2.16. The van der Waals surface area contributed by atoms with Crippen LogP contribution in [0, 0.1) is 0 Å².